The second-order valence-electron chi connectivity index (χ2n) is 5.42. The third-order valence-corrected chi connectivity index (χ3v) is 5.72. The predicted molar refractivity (Wildman–Crippen MR) is 69.6 cm³/mol. The normalized spacial score (nSPS) is 23.3. The fraction of sp³-hybridized carbons (Fsp3) is 0.833. The third kappa shape index (κ3) is 3.57. The molecule has 110 valence electrons. The molecule has 1 aliphatic rings. The van der Waals surface area contributed by atoms with Crippen LogP contribution in [0.2, 0.25) is 0 Å². The van der Waals surface area contributed by atoms with Gasteiger partial charge in [-0.2, -0.15) is 0 Å². The molecule has 0 spiro atoms. The van der Waals surface area contributed by atoms with E-state index >= 15 is 0 Å². The number of carboxylic acids is 2. The average molecular weight is 292 g/mol. The molecule has 3 N–H and O–H groups in total. The van der Waals surface area contributed by atoms with Gasteiger partial charge in [0.2, 0.25) is 8.03 Å². The van der Waals surface area contributed by atoms with Crippen molar-refractivity contribution in [2.24, 2.45) is 11.8 Å². The van der Waals surface area contributed by atoms with E-state index in [1.165, 1.54) is 6.92 Å². The van der Waals surface area contributed by atoms with Crippen LogP contribution in [0.1, 0.15) is 45.4 Å². The summed E-state index contributed by atoms with van der Waals surface area (Å²) < 4.78 is 11.5. The monoisotopic (exact) mass is 292 g/mol. The second kappa shape index (κ2) is 6.53. The molecule has 6 nitrogen and oxygen atoms in total. The molecule has 0 aromatic carbocycles. The Morgan fingerprint density at radius 1 is 1.26 bits per heavy atom. The van der Waals surface area contributed by atoms with E-state index < -0.39 is 31.0 Å². The van der Waals surface area contributed by atoms with Crippen molar-refractivity contribution < 1.29 is 29.3 Å². The molecule has 3 atom stereocenters. The number of hydrogen-bond acceptors (Lipinski definition) is 3. The summed E-state index contributed by atoms with van der Waals surface area (Å²) >= 11 is 0. The van der Waals surface area contributed by atoms with Crippen molar-refractivity contribution in [3.63, 3.8) is 0 Å². The quantitative estimate of drug-likeness (QED) is 0.645. The highest BCUT2D eigenvalue weighted by Gasteiger charge is 2.50. The highest BCUT2D eigenvalue weighted by Crippen LogP contribution is 2.49. The van der Waals surface area contributed by atoms with Gasteiger partial charge in [-0.3, -0.25) is 14.2 Å². The molecule has 0 aromatic heterocycles. The van der Waals surface area contributed by atoms with E-state index in [2.05, 4.69) is 0 Å². The molecule has 1 aliphatic carbocycles. The van der Waals surface area contributed by atoms with Gasteiger partial charge in [0.25, 0.3) is 0 Å². The lowest BCUT2D eigenvalue weighted by Crippen LogP contribution is -2.45. The number of carboxylic acid groups (broad SMARTS) is 2. The summed E-state index contributed by atoms with van der Waals surface area (Å²) in [5, 5.41) is 16.4. The Morgan fingerprint density at radius 2 is 1.79 bits per heavy atom. The molecular weight excluding hydrogens is 271 g/mol. The molecule has 0 radical (unpaired) electrons. The van der Waals surface area contributed by atoms with Crippen molar-refractivity contribution >= 4 is 20.0 Å². The minimum atomic E-state index is -3.38. The lowest BCUT2D eigenvalue weighted by Gasteiger charge is -2.38. The molecule has 0 aromatic rings. The first-order valence-electron chi connectivity index (χ1n) is 6.48. The fourth-order valence-corrected chi connectivity index (χ4v) is 3.81. The van der Waals surface area contributed by atoms with E-state index in [1.807, 2.05) is 0 Å². The Kier molecular flexibility index (Phi) is 5.56. The predicted octanol–water partition coefficient (Wildman–Crippen LogP) is 1.97. The second-order valence-corrected chi connectivity index (χ2v) is 7.06. The van der Waals surface area contributed by atoms with Gasteiger partial charge in [0.05, 0.1) is 6.42 Å². The summed E-state index contributed by atoms with van der Waals surface area (Å²) in [4.78, 5) is 31.8. The molecule has 0 bridgehead atoms. The van der Waals surface area contributed by atoms with Gasteiger partial charge in [0.1, 0.15) is 5.16 Å². The van der Waals surface area contributed by atoms with Crippen LogP contribution in [0.4, 0.5) is 0 Å². The molecule has 0 aliphatic heterocycles. The van der Waals surface area contributed by atoms with Crippen molar-refractivity contribution in [1.82, 2.24) is 0 Å². The van der Waals surface area contributed by atoms with E-state index in [1.54, 1.807) is 0 Å². The van der Waals surface area contributed by atoms with Crippen LogP contribution in [-0.4, -0.2) is 32.2 Å². The van der Waals surface area contributed by atoms with Crippen LogP contribution in [0.3, 0.4) is 0 Å². The molecule has 0 heterocycles. The Balaban J connectivity index is 3.08. The number of carbonyl (C=O) groups is 2. The topological polar surface area (TPSA) is 112 Å². The van der Waals surface area contributed by atoms with Crippen molar-refractivity contribution in [2.75, 3.05) is 0 Å². The molecule has 7 heteroatoms. The van der Waals surface area contributed by atoms with Crippen LogP contribution < -0.4 is 0 Å². The van der Waals surface area contributed by atoms with Gasteiger partial charge in [-0.05, 0) is 18.8 Å². The molecule has 1 saturated carbocycles. The van der Waals surface area contributed by atoms with Crippen molar-refractivity contribution in [3.05, 3.63) is 0 Å². The Labute approximate surface area is 112 Å². The highest BCUT2D eigenvalue weighted by molar-refractivity contribution is 7.41. The molecule has 1 fully saturated rings. The zero-order valence-electron chi connectivity index (χ0n) is 11.0. The lowest BCUT2D eigenvalue weighted by atomic mass is 9.72. The van der Waals surface area contributed by atoms with E-state index in [4.69, 9.17) is 5.11 Å². The zero-order chi connectivity index (χ0) is 14.6. The summed E-state index contributed by atoms with van der Waals surface area (Å²) in [5.74, 6) is -3.40. The van der Waals surface area contributed by atoms with E-state index in [0.717, 1.165) is 32.1 Å². The van der Waals surface area contributed by atoms with Crippen LogP contribution in [0, 0.1) is 11.8 Å². The van der Waals surface area contributed by atoms with E-state index in [-0.39, 0.29) is 12.3 Å². The number of hydrogen-bond donors (Lipinski definition) is 3. The first kappa shape index (κ1) is 16.2. The van der Waals surface area contributed by atoms with Gasteiger partial charge in [-0.1, -0.05) is 32.1 Å². The Hall–Kier alpha value is -0.870. The maximum Gasteiger partial charge on any atom is 0.319 e. The Morgan fingerprint density at radius 3 is 2.16 bits per heavy atom. The lowest BCUT2D eigenvalue weighted by molar-refractivity contribution is -0.144. The summed E-state index contributed by atoms with van der Waals surface area (Å²) in [7, 11) is -3.38. The highest BCUT2D eigenvalue weighted by atomic mass is 31.1. The standard InChI is InChI=1S/C12H21O6P/c1-12(11(15)16,19(17)18)9(7-10(13)14)8-5-3-2-4-6-8/h8-9,19H,2-7H2,1H3,(H,13,14)(H,15,16)(H,17,18). The van der Waals surface area contributed by atoms with E-state index in [0.29, 0.717) is 0 Å². The van der Waals surface area contributed by atoms with Gasteiger partial charge < -0.3 is 15.1 Å². The van der Waals surface area contributed by atoms with Gasteiger partial charge in [0.15, 0.2) is 0 Å². The maximum absolute atomic E-state index is 11.5. The number of aliphatic carboxylic acids is 2. The van der Waals surface area contributed by atoms with E-state index in [9.17, 15) is 24.2 Å². The summed E-state index contributed by atoms with van der Waals surface area (Å²) in [6.45, 7) is 1.21. The average Bonchev–Trinajstić information content (AvgIpc) is 2.35. The van der Waals surface area contributed by atoms with Crippen LogP contribution in [0.25, 0.3) is 0 Å². The molecule has 0 saturated heterocycles. The molecule has 3 unspecified atom stereocenters. The van der Waals surface area contributed by atoms with Gasteiger partial charge >= 0.3 is 11.9 Å². The molecular formula is C12H21O6P. The van der Waals surface area contributed by atoms with Crippen molar-refractivity contribution in [2.45, 2.75) is 50.6 Å². The minimum absolute atomic E-state index is 0.105. The first-order valence-corrected chi connectivity index (χ1v) is 7.84. The first-order chi connectivity index (χ1) is 8.80. The van der Waals surface area contributed by atoms with Crippen LogP contribution in [0.15, 0.2) is 0 Å². The summed E-state index contributed by atoms with van der Waals surface area (Å²) in [6.07, 6.45) is 3.98. The fourth-order valence-electron chi connectivity index (χ4n) is 2.98. The van der Waals surface area contributed by atoms with Crippen LogP contribution in [0.5, 0.6) is 0 Å². The van der Waals surface area contributed by atoms with Crippen LogP contribution >= 0.6 is 8.03 Å². The molecule has 19 heavy (non-hydrogen) atoms. The van der Waals surface area contributed by atoms with Gasteiger partial charge in [-0.25, -0.2) is 0 Å². The van der Waals surface area contributed by atoms with Crippen molar-refractivity contribution in [3.8, 4) is 0 Å². The van der Waals surface area contributed by atoms with Gasteiger partial charge in [-0.15, -0.1) is 0 Å². The van der Waals surface area contributed by atoms with Gasteiger partial charge in [0, 0.05) is 0 Å². The maximum atomic E-state index is 11.5. The summed E-state index contributed by atoms with van der Waals surface area (Å²) in [6, 6.07) is 0. The third-order valence-electron chi connectivity index (χ3n) is 4.24. The zero-order valence-corrected chi connectivity index (χ0v) is 12.0. The van der Waals surface area contributed by atoms with Crippen molar-refractivity contribution in [1.29, 1.82) is 0 Å². The smallest absolute Gasteiger partial charge is 0.319 e. The molecule has 0 amide bonds. The Bertz CT molecular complexity index is 360. The number of rotatable bonds is 6. The summed E-state index contributed by atoms with van der Waals surface area (Å²) in [5.41, 5.74) is 0. The largest absolute Gasteiger partial charge is 0.481 e. The SMILES string of the molecule is CC(C(=O)O)(C(CC(=O)O)C1CCCCC1)[PH](=O)O. The van der Waals surface area contributed by atoms with Crippen LogP contribution in [-0.2, 0) is 14.2 Å². The minimum Gasteiger partial charge on any atom is -0.481 e. The molecule has 1 rings (SSSR count).